The van der Waals surface area contributed by atoms with E-state index in [1.165, 1.54) is 17.8 Å². The van der Waals surface area contributed by atoms with E-state index in [0.29, 0.717) is 22.3 Å². The van der Waals surface area contributed by atoms with Gasteiger partial charge in [0.05, 0.1) is 5.25 Å². The van der Waals surface area contributed by atoms with Crippen LogP contribution in [0.5, 0.6) is 0 Å². The van der Waals surface area contributed by atoms with Crippen LogP contribution in [0.15, 0.2) is 40.3 Å². The van der Waals surface area contributed by atoms with E-state index < -0.39 is 0 Å². The van der Waals surface area contributed by atoms with Gasteiger partial charge in [0.25, 0.3) is 5.56 Å². The lowest BCUT2D eigenvalue weighted by Gasteiger charge is -2.14. The molecule has 0 aliphatic carbocycles. The predicted octanol–water partition coefficient (Wildman–Crippen LogP) is 3.89. The van der Waals surface area contributed by atoms with Crippen molar-refractivity contribution in [1.29, 1.82) is 0 Å². The van der Waals surface area contributed by atoms with Gasteiger partial charge in [0.1, 0.15) is 0 Å². The third-order valence-electron chi connectivity index (χ3n) is 3.31. The number of aromatic nitrogens is 2. The summed E-state index contributed by atoms with van der Waals surface area (Å²) in [4.78, 5) is 31.3. The fourth-order valence-electron chi connectivity index (χ4n) is 2.14. The highest BCUT2D eigenvalue weighted by molar-refractivity contribution is 8.00. The summed E-state index contributed by atoms with van der Waals surface area (Å²) < 4.78 is 0. The molecule has 1 aromatic heterocycles. The van der Waals surface area contributed by atoms with Gasteiger partial charge in [-0.05, 0) is 37.1 Å². The van der Waals surface area contributed by atoms with E-state index in [4.69, 9.17) is 11.6 Å². The number of hydrogen-bond donors (Lipinski definition) is 2. The molecule has 24 heavy (non-hydrogen) atoms. The first kappa shape index (κ1) is 18.5. The summed E-state index contributed by atoms with van der Waals surface area (Å²) in [6, 6.07) is 8.44. The molecule has 0 aliphatic heterocycles. The van der Waals surface area contributed by atoms with Crippen LogP contribution in [0.3, 0.4) is 0 Å². The molecule has 0 fully saturated rings. The van der Waals surface area contributed by atoms with Crippen molar-refractivity contribution >= 4 is 35.0 Å². The van der Waals surface area contributed by atoms with Gasteiger partial charge in [-0.25, -0.2) is 4.98 Å². The number of carbonyl (C=O) groups is 1. The first-order valence-electron chi connectivity index (χ1n) is 7.85. The zero-order chi connectivity index (χ0) is 17.5. The highest BCUT2D eigenvalue weighted by Crippen LogP contribution is 2.23. The maximum atomic E-state index is 12.4. The zero-order valence-electron chi connectivity index (χ0n) is 13.6. The van der Waals surface area contributed by atoms with Gasteiger partial charge < -0.3 is 10.3 Å². The zero-order valence-corrected chi connectivity index (χ0v) is 15.2. The Hall–Kier alpha value is -1.79. The van der Waals surface area contributed by atoms with Crippen molar-refractivity contribution in [2.45, 2.75) is 43.5 Å². The Kier molecular flexibility index (Phi) is 6.87. The lowest BCUT2D eigenvalue weighted by atomic mass is 10.2. The van der Waals surface area contributed by atoms with Crippen LogP contribution in [0, 0.1) is 0 Å². The third-order valence-corrected chi connectivity index (χ3v) is 4.81. The molecular formula is C17H20ClN3O2S. The van der Waals surface area contributed by atoms with E-state index in [1.54, 1.807) is 24.3 Å². The average molecular weight is 366 g/mol. The van der Waals surface area contributed by atoms with E-state index in [0.717, 1.165) is 18.5 Å². The number of hydrogen-bond acceptors (Lipinski definition) is 4. The summed E-state index contributed by atoms with van der Waals surface area (Å²) in [7, 11) is 0. The number of rotatable bonds is 7. The molecule has 5 nitrogen and oxygen atoms in total. The van der Waals surface area contributed by atoms with Gasteiger partial charge >= 0.3 is 0 Å². The molecule has 2 N–H and O–H groups in total. The molecule has 0 bridgehead atoms. The summed E-state index contributed by atoms with van der Waals surface area (Å²) in [6.07, 6.45) is 2.27. The number of nitrogens with zero attached hydrogens (tertiary/aromatic N) is 1. The maximum absolute atomic E-state index is 12.4. The lowest BCUT2D eigenvalue weighted by Crippen LogP contribution is -2.25. The average Bonchev–Trinajstić information content (AvgIpc) is 2.54. The van der Waals surface area contributed by atoms with Crippen molar-refractivity contribution in [2.75, 3.05) is 5.32 Å². The van der Waals surface area contributed by atoms with Crippen LogP contribution < -0.4 is 10.9 Å². The largest absolute Gasteiger partial charge is 0.325 e. The van der Waals surface area contributed by atoms with E-state index in [-0.39, 0.29) is 16.7 Å². The number of amides is 1. The minimum Gasteiger partial charge on any atom is -0.325 e. The minimum absolute atomic E-state index is 0.131. The molecule has 7 heteroatoms. The molecule has 1 amide bonds. The molecular weight excluding hydrogens is 346 g/mol. The SMILES string of the molecule is CCCc1cc(=O)[nH]c(SC(CC)C(=O)Nc2ccc(Cl)cc2)n1. The molecule has 1 aromatic carbocycles. The van der Waals surface area contributed by atoms with Gasteiger partial charge in [-0.2, -0.15) is 0 Å². The van der Waals surface area contributed by atoms with Crippen LogP contribution in [0.1, 0.15) is 32.4 Å². The molecule has 0 spiro atoms. The predicted molar refractivity (Wildman–Crippen MR) is 98.9 cm³/mol. The quantitative estimate of drug-likeness (QED) is 0.576. The number of halogens is 1. The van der Waals surface area contributed by atoms with Crippen LogP contribution in [-0.4, -0.2) is 21.1 Å². The number of nitrogens with one attached hydrogen (secondary N) is 2. The molecule has 0 saturated heterocycles. The van der Waals surface area contributed by atoms with Crippen molar-refractivity contribution < 1.29 is 4.79 Å². The Balaban J connectivity index is 2.09. The van der Waals surface area contributed by atoms with Gasteiger partial charge in [0, 0.05) is 22.5 Å². The third kappa shape index (κ3) is 5.39. The van der Waals surface area contributed by atoms with Crippen LogP contribution in [0.25, 0.3) is 0 Å². The Bertz CT molecular complexity index is 746. The summed E-state index contributed by atoms with van der Waals surface area (Å²) in [6.45, 7) is 3.96. The molecule has 0 radical (unpaired) electrons. The summed E-state index contributed by atoms with van der Waals surface area (Å²) in [5, 5.41) is 3.60. The maximum Gasteiger partial charge on any atom is 0.251 e. The minimum atomic E-state index is -0.347. The standard InChI is InChI=1S/C17H20ClN3O2S/c1-3-5-13-10-15(22)21-17(20-13)24-14(4-2)16(23)19-12-8-6-11(18)7-9-12/h6-10,14H,3-5H2,1-2H3,(H,19,23)(H,20,21,22). The van der Waals surface area contributed by atoms with E-state index in [9.17, 15) is 9.59 Å². The van der Waals surface area contributed by atoms with Gasteiger partial charge in [-0.1, -0.05) is 43.6 Å². The van der Waals surface area contributed by atoms with Crippen molar-refractivity contribution in [3.63, 3.8) is 0 Å². The first-order valence-corrected chi connectivity index (χ1v) is 9.11. The van der Waals surface area contributed by atoms with Gasteiger partial charge in [-0.3, -0.25) is 9.59 Å². The Morgan fingerprint density at radius 1 is 1.33 bits per heavy atom. The molecule has 1 atom stereocenters. The first-order chi connectivity index (χ1) is 11.5. The Morgan fingerprint density at radius 3 is 2.67 bits per heavy atom. The summed E-state index contributed by atoms with van der Waals surface area (Å²) in [5.74, 6) is -0.131. The Labute approximate surface area is 150 Å². The molecule has 1 unspecified atom stereocenters. The van der Waals surface area contributed by atoms with Crippen molar-refractivity contribution in [3.05, 3.63) is 51.4 Å². The fourth-order valence-corrected chi connectivity index (χ4v) is 3.19. The van der Waals surface area contributed by atoms with Crippen LogP contribution in [0.4, 0.5) is 5.69 Å². The Morgan fingerprint density at radius 2 is 2.04 bits per heavy atom. The van der Waals surface area contributed by atoms with E-state index in [2.05, 4.69) is 15.3 Å². The van der Waals surface area contributed by atoms with Crippen molar-refractivity contribution in [3.8, 4) is 0 Å². The lowest BCUT2D eigenvalue weighted by molar-refractivity contribution is -0.115. The van der Waals surface area contributed by atoms with E-state index >= 15 is 0 Å². The van der Waals surface area contributed by atoms with Gasteiger partial charge in [0.15, 0.2) is 5.16 Å². The smallest absolute Gasteiger partial charge is 0.251 e. The number of benzene rings is 1. The van der Waals surface area contributed by atoms with Crippen molar-refractivity contribution in [2.24, 2.45) is 0 Å². The van der Waals surface area contributed by atoms with E-state index in [1.807, 2.05) is 13.8 Å². The molecule has 1 heterocycles. The molecule has 2 aromatic rings. The van der Waals surface area contributed by atoms with Crippen LogP contribution in [-0.2, 0) is 11.2 Å². The van der Waals surface area contributed by atoms with Crippen LogP contribution >= 0.6 is 23.4 Å². The molecule has 128 valence electrons. The highest BCUT2D eigenvalue weighted by Gasteiger charge is 2.19. The fraction of sp³-hybridized carbons (Fsp3) is 0.353. The number of anilines is 1. The van der Waals surface area contributed by atoms with Gasteiger partial charge in [0.2, 0.25) is 5.91 Å². The molecule has 2 rings (SSSR count). The second-order valence-corrected chi connectivity index (χ2v) is 6.93. The number of H-pyrrole nitrogens is 1. The molecule has 0 saturated carbocycles. The highest BCUT2D eigenvalue weighted by atomic mass is 35.5. The van der Waals surface area contributed by atoms with Crippen molar-refractivity contribution in [1.82, 2.24) is 9.97 Å². The number of carbonyl (C=O) groups excluding carboxylic acids is 1. The number of aromatic amines is 1. The molecule has 0 aliphatic rings. The topological polar surface area (TPSA) is 74.8 Å². The summed E-state index contributed by atoms with van der Waals surface area (Å²) >= 11 is 7.11. The van der Waals surface area contributed by atoms with Gasteiger partial charge in [-0.15, -0.1) is 0 Å². The van der Waals surface area contributed by atoms with Crippen LogP contribution in [0.2, 0.25) is 5.02 Å². The normalized spacial score (nSPS) is 12.0. The second-order valence-electron chi connectivity index (χ2n) is 5.30. The number of thioether (sulfide) groups is 1. The second kappa shape index (κ2) is 8.89. The summed E-state index contributed by atoms with van der Waals surface area (Å²) in [5.41, 5.74) is 1.24. The monoisotopic (exact) mass is 365 g/mol. The number of aryl methyl sites for hydroxylation is 1.